The van der Waals surface area contributed by atoms with Crippen molar-refractivity contribution in [3.63, 3.8) is 0 Å². The Labute approximate surface area is 375 Å². The first-order valence-corrected chi connectivity index (χ1v) is 20.9. The van der Waals surface area contributed by atoms with E-state index in [-0.39, 0.29) is 11.1 Å². The number of fused-ring (bicyclic) bond motifs is 3. The summed E-state index contributed by atoms with van der Waals surface area (Å²) in [5.41, 5.74) is 12.9. The van der Waals surface area contributed by atoms with Gasteiger partial charge in [-0.3, -0.25) is 0 Å². The first-order valence-electron chi connectivity index (χ1n) is 20.9. The Morgan fingerprint density at radius 2 is 0.862 bits per heavy atom. The van der Waals surface area contributed by atoms with E-state index in [1.54, 1.807) is 36.4 Å². The van der Waals surface area contributed by atoms with Crippen LogP contribution in [0.4, 0.5) is 0 Å². The molecule has 0 N–H and O–H groups in total. The van der Waals surface area contributed by atoms with Crippen molar-refractivity contribution in [1.82, 2.24) is 19.5 Å². The smallest absolute Gasteiger partial charge is 0.164 e. The quantitative estimate of drug-likeness (QED) is 0.156. The number of aryl methyl sites for hydroxylation is 2. The summed E-state index contributed by atoms with van der Waals surface area (Å²) in [6.45, 7) is 4.21. The highest BCUT2D eigenvalue weighted by Gasteiger charge is 2.26. The molecule has 0 saturated carbocycles. The van der Waals surface area contributed by atoms with Crippen LogP contribution < -0.4 is 0 Å². The molecule has 2 aromatic heterocycles. The molecule has 0 aliphatic heterocycles. The average molecular weight is 831 g/mol. The predicted molar refractivity (Wildman–Crippen MR) is 255 cm³/mol. The Morgan fingerprint density at radius 3 is 1.38 bits per heavy atom. The summed E-state index contributed by atoms with van der Waals surface area (Å²) in [6.07, 6.45) is 0. The van der Waals surface area contributed by atoms with Crippen LogP contribution in [0.3, 0.4) is 0 Å². The topological polar surface area (TPSA) is 139 Å². The molecule has 0 unspecified atom stereocenters. The average Bonchev–Trinajstić information content (AvgIpc) is 3.68. The van der Waals surface area contributed by atoms with Crippen LogP contribution in [0.1, 0.15) is 33.4 Å². The number of rotatable bonds is 7. The molecule has 0 amide bonds. The Balaban J connectivity index is 1.37. The highest BCUT2D eigenvalue weighted by Crippen LogP contribution is 2.46. The SMILES string of the molecule is Cc1cc(C)cc(-c2ccc3c(c2)c2ccccc2n3-c2c(-c3ccc(C#N)cc3C#N)cc(-c3nc(-c4ccccc4)nc(-c4ccccc4)n3)cc2-c2ccc(C#N)cc2C#N)c1. The molecule has 10 aromatic rings. The third-order valence-corrected chi connectivity index (χ3v) is 11.6. The molecule has 0 saturated heterocycles. The van der Waals surface area contributed by atoms with Crippen molar-refractivity contribution in [3.8, 4) is 97.5 Å². The second-order valence-corrected chi connectivity index (χ2v) is 15.9. The molecule has 0 bridgehead atoms. The van der Waals surface area contributed by atoms with E-state index in [1.165, 1.54) is 11.1 Å². The zero-order valence-corrected chi connectivity index (χ0v) is 35.2. The highest BCUT2D eigenvalue weighted by atomic mass is 15.0. The van der Waals surface area contributed by atoms with Gasteiger partial charge in [0.15, 0.2) is 17.5 Å². The lowest BCUT2D eigenvalue weighted by atomic mass is 9.88. The number of hydrogen-bond donors (Lipinski definition) is 0. The molecule has 0 radical (unpaired) electrons. The number of hydrogen-bond acceptors (Lipinski definition) is 7. The second kappa shape index (κ2) is 16.4. The van der Waals surface area contributed by atoms with Crippen molar-refractivity contribution in [2.75, 3.05) is 0 Å². The Morgan fingerprint density at radius 1 is 0.369 bits per heavy atom. The molecule has 8 nitrogen and oxygen atoms in total. The Hall–Kier alpha value is -9.47. The van der Waals surface area contributed by atoms with E-state index in [9.17, 15) is 21.0 Å². The maximum absolute atomic E-state index is 10.8. The van der Waals surface area contributed by atoms with Crippen LogP contribution in [0.15, 0.2) is 170 Å². The molecule has 0 fully saturated rings. The fourth-order valence-corrected chi connectivity index (χ4v) is 8.77. The number of para-hydroxylation sites is 1. The fourth-order valence-electron chi connectivity index (χ4n) is 8.77. The molecule has 0 aliphatic rings. The van der Waals surface area contributed by atoms with Crippen molar-refractivity contribution >= 4 is 21.8 Å². The summed E-state index contributed by atoms with van der Waals surface area (Å²) in [6, 6.07) is 64.0. The summed E-state index contributed by atoms with van der Waals surface area (Å²) in [5.74, 6) is 1.30. The summed E-state index contributed by atoms with van der Waals surface area (Å²) in [7, 11) is 0. The first-order chi connectivity index (χ1) is 31.8. The van der Waals surface area contributed by atoms with Crippen LogP contribution in [-0.4, -0.2) is 19.5 Å². The van der Waals surface area contributed by atoms with E-state index in [0.29, 0.717) is 62.1 Å². The van der Waals surface area contributed by atoms with Gasteiger partial charge in [0.1, 0.15) is 0 Å². The Kier molecular flexibility index (Phi) is 10.0. The normalized spacial score (nSPS) is 10.9. The number of nitrogens with zero attached hydrogens (tertiary/aromatic N) is 8. The van der Waals surface area contributed by atoms with E-state index in [2.05, 4.69) is 91.2 Å². The van der Waals surface area contributed by atoms with Crippen molar-refractivity contribution in [2.24, 2.45) is 0 Å². The van der Waals surface area contributed by atoms with Crippen LogP contribution in [-0.2, 0) is 0 Å². The van der Waals surface area contributed by atoms with Gasteiger partial charge in [0.2, 0.25) is 0 Å². The molecule has 2 heterocycles. The van der Waals surface area contributed by atoms with Gasteiger partial charge in [-0.05, 0) is 79.6 Å². The van der Waals surface area contributed by atoms with Crippen LogP contribution in [0.25, 0.3) is 95.0 Å². The largest absolute Gasteiger partial charge is 0.308 e. The number of aromatic nitrogens is 4. The van der Waals surface area contributed by atoms with Crippen LogP contribution in [0, 0.1) is 59.2 Å². The van der Waals surface area contributed by atoms with Crippen molar-refractivity contribution in [3.05, 3.63) is 203 Å². The van der Waals surface area contributed by atoms with Crippen molar-refractivity contribution in [1.29, 1.82) is 21.0 Å². The standard InChI is InChI=1S/C57H34N8/c1-35-23-36(2)25-42(24-35)41-19-22-53-49(28-41)48-15-9-10-16-52(48)65(53)54-50(46-20-17-37(31-58)26-44(46)33-60)29-43(30-51(54)47-21-18-38(32-59)27-45(47)34-61)57-63-55(39-11-5-3-6-12-39)62-56(64-57)40-13-7-4-8-14-40/h3-30H,1-2H3. The lowest BCUT2D eigenvalue weighted by molar-refractivity contribution is 1.07. The van der Waals surface area contributed by atoms with Gasteiger partial charge in [0, 0.05) is 49.7 Å². The maximum atomic E-state index is 10.8. The molecule has 65 heavy (non-hydrogen) atoms. The lowest BCUT2D eigenvalue weighted by Gasteiger charge is -2.22. The number of benzene rings is 8. The summed E-state index contributed by atoms with van der Waals surface area (Å²) in [4.78, 5) is 15.2. The van der Waals surface area contributed by atoms with E-state index < -0.39 is 0 Å². The van der Waals surface area contributed by atoms with E-state index >= 15 is 0 Å². The van der Waals surface area contributed by atoms with E-state index in [4.69, 9.17) is 15.0 Å². The lowest BCUT2D eigenvalue weighted by Crippen LogP contribution is -2.05. The van der Waals surface area contributed by atoms with Gasteiger partial charge < -0.3 is 4.57 Å². The molecule has 8 heteroatoms. The molecular formula is C57H34N8. The van der Waals surface area contributed by atoms with Gasteiger partial charge in [-0.15, -0.1) is 0 Å². The number of nitriles is 4. The maximum Gasteiger partial charge on any atom is 0.164 e. The molecule has 0 spiro atoms. The summed E-state index contributed by atoms with van der Waals surface area (Å²) < 4.78 is 2.20. The van der Waals surface area contributed by atoms with Crippen molar-refractivity contribution < 1.29 is 0 Å². The zero-order chi connectivity index (χ0) is 44.6. The van der Waals surface area contributed by atoms with Crippen LogP contribution in [0.5, 0.6) is 0 Å². The predicted octanol–water partition coefficient (Wildman–Crippen LogP) is 13.1. The van der Waals surface area contributed by atoms with Gasteiger partial charge in [-0.1, -0.05) is 126 Å². The molecular weight excluding hydrogens is 797 g/mol. The monoisotopic (exact) mass is 830 g/mol. The summed E-state index contributed by atoms with van der Waals surface area (Å²) >= 11 is 0. The van der Waals surface area contributed by atoms with Gasteiger partial charge in [-0.2, -0.15) is 21.0 Å². The van der Waals surface area contributed by atoms with E-state index in [1.807, 2.05) is 84.9 Å². The van der Waals surface area contributed by atoms with Gasteiger partial charge >= 0.3 is 0 Å². The molecule has 0 atom stereocenters. The zero-order valence-electron chi connectivity index (χ0n) is 35.2. The summed E-state index contributed by atoms with van der Waals surface area (Å²) in [5, 5.41) is 43.6. The minimum Gasteiger partial charge on any atom is -0.308 e. The third kappa shape index (κ3) is 7.20. The second-order valence-electron chi connectivity index (χ2n) is 15.9. The van der Waals surface area contributed by atoms with Gasteiger partial charge in [-0.25, -0.2) is 15.0 Å². The molecule has 8 aromatic carbocycles. The van der Waals surface area contributed by atoms with Crippen LogP contribution >= 0.6 is 0 Å². The van der Waals surface area contributed by atoms with Crippen LogP contribution in [0.2, 0.25) is 0 Å². The highest BCUT2D eigenvalue weighted by molar-refractivity contribution is 6.12. The molecule has 0 aliphatic carbocycles. The van der Waals surface area contributed by atoms with Gasteiger partial charge in [0.05, 0.1) is 63.3 Å². The minimum atomic E-state index is 0.289. The fraction of sp³-hybridized carbons (Fsp3) is 0.0351. The third-order valence-electron chi connectivity index (χ3n) is 11.6. The minimum absolute atomic E-state index is 0.289. The molecule has 10 rings (SSSR count). The molecule has 302 valence electrons. The van der Waals surface area contributed by atoms with Gasteiger partial charge in [0.25, 0.3) is 0 Å². The Bertz CT molecular complexity index is 3550. The first kappa shape index (κ1) is 39.7. The van der Waals surface area contributed by atoms with E-state index in [0.717, 1.165) is 44.1 Å². The van der Waals surface area contributed by atoms with Crippen molar-refractivity contribution in [2.45, 2.75) is 13.8 Å².